The molecule has 4 nitrogen and oxygen atoms in total. The third-order valence-corrected chi connectivity index (χ3v) is 4.15. The van der Waals surface area contributed by atoms with Crippen LogP contribution in [-0.2, 0) is 6.42 Å². The predicted octanol–water partition coefficient (Wildman–Crippen LogP) is 4.64. The Morgan fingerprint density at radius 2 is 1.67 bits per heavy atom. The summed E-state index contributed by atoms with van der Waals surface area (Å²) in [4.78, 5) is 25.9. The van der Waals surface area contributed by atoms with Crippen LogP contribution in [0.4, 0.5) is 0 Å². The highest BCUT2D eigenvalue weighted by Crippen LogP contribution is 2.23. The smallest absolute Gasteiger partial charge is 0.253 e. The molecule has 1 amide bonds. The maximum atomic E-state index is 12.5. The summed E-state index contributed by atoms with van der Waals surface area (Å²) in [5.74, 6) is 0.578. The lowest BCUT2D eigenvalue weighted by atomic mass is 10.0. The van der Waals surface area contributed by atoms with Gasteiger partial charge in [-0.1, -0.05) is 31.5 Å². The van der Waals surface area contributed by atoms with Crippen LogP contribution in [0.3, 0.4) is 0 Å². The van der Waals surface area contributed by atoms with Crippen LogP contribution in [-0.4, -0.2) is 37.3 Å². The van der Waals surface area contributed by atoms with Crippen LogP contribution in [0.1, 0.15) is 52.1 Å². The van der Waals surface area contributed by atoms with Crippen molar-refractivity contribution in [1.82, 2.24) is 4.90 Å². The Bertz CT molecular complexity index is 820. The average molecular weight is 365 g/mol. The van der Waals surface area contributed by atoms with Gasteiger partial charge >= 0.3 is 0 Å². The first-order chi connectivity index (χ1) is 13.0. The lowest BCUT2D eigenvalue weighted by Crippen LogP contribution is -2.21. The van der Waals surface area contributed by atoms with E-state index in [-0.39, 0.29) is 11.7 Å². The molecule has 0 aliphatic heterocycles. The van der Waals surface area contributed by atoms with Gasteiger partial charge in [-0.25, -0.2) is 0 Å². The first kappa shape index (κ1) is 20.4. The van der Waals surface area contributed by atoms with Crippen molar-refractivity contribution in [2.24, 2.45) is 0 Å². The number of rotatable bonds is 8. The first-order valence-electron chi connectivity index (χ1n) is 9.26. The molecule has 0 atom stereocenters. The van der Waals surface area contributed by atoms with Gasteiger partial charge in [0.15, 0.2) is 5.78 Å². The summed E-state index contributed by atoms with van der Waals surface area (Å²) in [7, 11) is 3.40. The quantitative estimate of drug-likeness (QED) is 0.506. The maximum absolute atomic E-state index is 12.5. The highest BCUT2D eigenvalue weighted by molar-refractivity contribution is 6.07. The predicted molar refractivity (Wildman–Crippen MR) is 109 cm³/mol. The van der Waals surface area contributed by atoms with E-state index in [9.17, 15) is 9.59 Å². The van der Waals surface area contributed by atoms with Crippen LogP contribution in [0.15, 0.2) is 48.5 Å². The average Bonchev–Trinajstić information content (AvgIpc) is 2.67. The fraction of sp³-hybridized carbons (Fsp3) is 0.304. The van der Waals surface area contributed by atoms with Crippen molar-refractivity contribution in [3.8, 4) is 5.75 Å². The van der Waals surface area contributed by atoms with Crippen molar-refractivity contribution < 1.29 is 14.3 Å². The number of ether oxygens (including phenoxy) is 1. The van der Waals surface area contributed by atoms with Crippen LogP contribution in [0.5, 0.6) is 5.75 Å². The van der Waals surface area contributed by atoms with Gasteiger partial charge in [0, 0.05) is 30.8 Å². The van der Waals surface area contributed by atoms with Crippen LogP contribution in [0.2, 0.25) is 0 Å². The number of carbonyl (C=O) groups is 2. The highest BCUT2D eigenvalue weighted by atomic mass is 16.5. The highest BCUT2D eigenvalue weighted by Gasteiger charge is 2.09. The largest absolute Gasteiger partial charge is 0.493 e. The Morgan fingerprint density at radius 1 is 1.00 bits per heavy atom. The molecule has 2 aromatic rings. The summed E-state index contributed by atoms with van der Waals surface area (Å²) in [6.45, 7) is 4.65. The van der Waals surface area contributed by atoms with Gasteiger partial charge in [-0.3, -0.25) is 9.59 Å². The van der Waals surface area contributed by atoms with E-state index in [2.05, 4.69) is 19.1 Å². The van der Waals surface area contributed by atoms with Crippen LogP contribution in [0, 0.1) is 0 Å². The number of allylic oxidation sites excluding steroid dienone is 1. The molecule has 0 heterocycles. The Morgan fingerprint density at radius 3 is 2.26 bits per heavy atom. The van der Waals surface area contributed by atoms with E-state index in [0.717, 1.165) is 24.2 Å². The zero-order chi connectivity index (χ0) is 19.8. The molecule has 0 aromatic heterocycles. The Labute approximate surface area is 161 Å². The minimum atomic E-state index is -0.109. The van der Waals surface area contributed by atoms with E-state index in [1.807, 2.05) is 13.0 Å². The minimum Gasteiger partial charge on any atom is -0.493 e. The maximum Gasteiger partial charge on any atom is 0.253 e. The molecular weight excluding hydrogens is 338 g/mol. The summed E-state index contributed by atoms with van der Waals surface area (Å²) in [6.07, 6.45) is 5.40. The van der Waals surface area contributed by atoms with Crippen molar-refractivity contribution in [1.29, 1.82) is 0 Å². The van der Waals surface area contributed by atoms with E-state index < -0.39 is 0 Å². The fourth-order valence-corrected chi connectivity index (χ4v) is 2.76. The second kappa shape index (κ2) is 9.72. The van der Waals surface area contributed by atoms with E-state index in [1.165, 1.54) is 10.5 Å². The minimum absolute atomic E-state index is 0.0846. The van der Waals surface area contributed by atoms with Gasteiger partial charge in [0.1, 0.15) is 5.75 Å². The number of ketones is 1. The standard InChI is InChI=1S/C23H27NO3/c1-5-7-17-8-15-22(27-6-2)20(16-17)13-14-21(25)18-9-11-19(12-10-18)23(26)24(3)4/h8-16H,5-7H2,1-4H3. The molecule has 27 heavy (non-hydrogen) atoms. The molecule has 2 rings (SSSR count). The summed E-state index contributed by atoms with van der Waals surface area (Å²) >= 11 is 0. The van der Waals surface area contributed by atoms with Crippen LogP contribution < -0.4 is 4.74 Å². The number of amides is 1. The molecule has 4 heteroatoms. The molecule has 0 radical (unpaired) electrons. The van der Waals surface area contributed by atoms with Gasteiger partial charge in [-0.05, 0) is 55.3 Å². The molecule has 0 N–H and O–H groups in total. The van der Waals surface area contributed by atoms with Crippen molar-refractivity contribution in [3.63, 3.8) is 0 Å². The molecule has 0 fully saturated rings. The Hall–Kier alpha value is -2.88. The normalized spacial score (nSPS) is 10.8. The molecule has 2 aromatic carbocycles. The zero-order valence-electron chi connectivity index (χ0n) is 16.5. The summed E-state index contributed by atoms with van der Waals surface area (Å²) in [5, 5.41) is 0. The monoisotopic (exact) mass is 365 g/mol. The number of hydrogen-bond donors (Lipinski definition) is 0. The third-order valence-electron chi connectivity index (χ3n) is 4.15. The van der Waals surface area contributed by atoms with E-state index in [4.69, 9.17) is 4.74 Å². The van der Waals surface area contributed by atoms with Gasteiger partial charge in [-0.2, -0.15) is 0 Å². The first-order valence-corrected chi connectivity index (χ1v) is 9.26. The molecular formula is C23H27NO3. The molecule has 0 bridgehead atoms. The number of carbonyl (C=O) groups excluding carboxylic acids is 2. The molecule has 0 saturated heterocycles. The van der Waals surface area contributed by atoms with Crippen molar-refractivity contribution in [3.05, 3.63) is 70.8 Å². The summed E-state index contributed by atoms with van der Waals surface area (Å²) in [6, 6.07) is 12.8. The van der Waals surface area contributed by atoms with Gasteiger partial charge in [0.25, 0.3) is 5.91 Å². The zero-order valence-corrected chi connectivity index (χ0v) is 16.5. The lowest BCUT2D eigenvalue weighted by Gasteiger charge is -2.10. The second-order valence-corrected chi connectivity index (χ2v) is 6.53. The molecule has 0 aliphatic carbocycles. The molecule has 0 unspecified atom stereocenters. The van der Waals surface area contributed by atoms with Crippen LogP contribution in [0.25, 0.3) is 6.08 Å². The fourth-order valence-electron chi connectivity index (χ4n) is 2.76. The van der Waals surface area contributed by atoms with E-state index in [0.29, 0.717) is 17.7 Å². The summed E-state index contributed by atoms with van der Waals surface area (Å²) in [5.41, 5.74) is 3.23. The topological polar surface area (TPSA) is 46.6 Å². The van der Waals surface area contributed by atoms with E-state index >= 15 is 0 Å². The Kier molecular flexibility index (Phi) is 7.35. The van der Waals surface area contributed by atoms with Crippen LogP contribution >= 0.6 is 0 Å². The molecule has 142 valence electrons. The lowest BCUT2D eigenvalue weighted by molar-refractivity contribution is 0.0827. The molecule has 0 spiro atoms. The molecule has 0 aliphatic rings. The van der Waals surface area contributed by atoms with E-state index in [1.54, 1.807) is 50.5 Å². The van der Waals surface area contributed by atoms with Crippen molar-refractivity contribution in [2.45, 2.75) is 26.7 Å². The number of hydrogen-bond acceptors (Lipinski definition) is 3. The molecule has 0 saturated carbocycles. The van der Waals surface area contributed by atoms with Gasteiger partial charge in [0.2, 0.25) is 0 Å². The number of nitrogens with zero attached hydrogens (tertiary/aromatic N) is 1. The number of aryl methyl sites for hydroxylation is 1. The van der Waals surface area contributed by atoms with Gasteiger partial charge in [0.05, 0.1) is 6.61 Å². The van der Waals surface area contributed by atoms with Gasteiger partial charge in [-0.15, -0.1) is 0 Å². The second-order valence-electron chi connectivity index (χ2n) is 6.53. The third kappa shape index (κ3) is 5.55. The van der Waals surface area contributed by atoms with Crippen molar-refractivity contribution >= 4 is 17.8 Å². The number of benzene rings is 2. The SMILES string of the molecule is CCCc1ccc(OCC)c(C=CC(=O)c2ccc(C(=O)N(C)C)cc2)c1. The van der Waals surface area contributed by atoms with Crippen molar-refractivity contribution in [2.75, 3.05) is 20.7 Å². The van der Waals surface area contributed by atoms with Gasteiger partial charge < -0.3 is 9.64 Å². The summed E-state index contributed by atoms with van der Waals surface area (Å²) < 4.78 is 5.67. The Balaban J connectivity index is 2.20.